The fourth-order valence-electron chi connectivity index (χ4n) is 4.61. The molecule has 3 N–H and O–H groups in total. The molecule has 3 atom stereocenters. The number of alkyl halides is 3. The topological polar surface area (TPSA) is 109 Å². The predicted octanol–water partition coefficient (Wildman–Crippen LogP) is 0.152. The minimum atomic E-state index is -6.09. The Morgan fingerprint density at radius 3 is 1.45 bits per heavy atom. The van der Waals surface area contributed by atoms with E-state index in [-0.39, 0.29) is 31.9 Å². The summed E-state index contributed by atoms with van der Waals surface area (Å²) in [4.78, 5) is 6.74. The molecule has 4 aromatic carbocycles. The van der Waals surface area contributed by atoms with Gasteiger partial charge in [-0.25, -0.2) is 25.5 Å². The average Bonchev–Trinajstić information content (AvgIpc) is 3.65. The second-order valence-electron chi connectivity index (χ2n) is 10.1. The van der Waals surface area contributed by atoms with Crippen LogP contribution in [0.2, 0.25) is 0 Å². The maximum Gasteiger partial charge on any atom is 2.00 e. The van der Waals surface area contributed by atoms with Gasteiger partial charge in [0.2, 0.25) is 0 Å². The van der Waals surface area contributed by atoms with Crippen LogP contribution in [0.15, 0.2) is 121 Å². The summed E-state index contributed by atoms with van der Waals surface area (Å²) >= 11 is 0. The number of hydrogen-bond acceptors (Lipinski definition) is 7. The van der Waals surface area contributed by atoms with Crippen molar-refractivity contribution >= 4 is 41.9 Å². The van der Waals surface area contributed by atoms with Crippen molar-refractivity contribution in [3.63, 3.8) is 0 Å². The summed E-state index contributed by atoms with van der Waals surface area (Å²) in [5, 5.41) is 18.2. The maximum absolute atomic E-state index is 10.7. The molecule has 6 rings (SSSR count). The molecule has 8 nitrogen and oxygen atoms in total. The number of quaternary nitrogens is 1. The van der Waals surface area contributed by atoms with Crippen LogP contribution in [0.4, 0.5) is 13.2 Å². The molecule has 2 aliphatic rings. The second kappa shape index (κ2) is 27.0. The molecule has 2 fully saturated rings. The minimum absolute atomic E-state index is 0. The summed E-state index contributed by atoms with van der Waals surface area (Å²) in [6.45, 7) is 2.44. The molecule has 2 bridgehead atoms. The Bertz CT molecular complexity index is 1290. The quantitative estimate of drug-likeness (QED) is 0.0887. The molecule has 0 radical (unpaired) electrons. The van der Waals surface area contributed by atoms with E-state index >= 15 is 0 Å². The number of fused-ring (bicyclic) bond motifs is 2. The van der Waals surface area contributed by atoms with E-state index in [2.05, 4.69) is 115 Å². The number of aliphatic hydroxyl groups excluding tert-OH is 2. The maximum atomic E-state index is 10.7. The van der Waals surface area contributed by atoms with Crippen molar-refractivity contribution in [2.45, 2.75) is 5.51 Å². The molecule has 0 aromatic heterocycles. The monoisotopic (exact) mass is 851 g/mol. The minimum Gasteiger partial charge on any atom is -1.00 e. The molecule has 0 aliphatic carbocycles. The number of nitrogens with zero attached hydrogens (tertiary/aromatic N) is 2. The van der Waals surface area contributed by atoms with Crippen LogP contribution in [0, 0.1) is 0 Å². The molecule has 2 unspecified atom stereocenters. The Morgan fingerprint density at radius 2 is 1.16 bits per heavy atom. The molecule has 4 aromatic rings. The number of benzene rings is 3. The Labute approximate surface area is 310 Å². The van der Waals surface area contributed by atoms with Crippen molar-refractivity contribution < 1.29 is 73.1 Å². The van der Waals surface area contributed by atoms with Gasteiger partial charge in [-0.15, -0.1) is 0 Å². The van der Waals surface area contributed by atoms with Gasteiger partial charge in [0.05, 0.1) is 20.0 Å². The standard InChI is InChI=1S/C18H15P.C7H16N3P.C5H5.CHF3O3S.2CH4O.ClH.Ru/c1-4-10-16(11-5-1)19(17-12-6-2-7-13-17)18-14-8-3-9-15-18;1-8-3-10-4-9(2)6-11(5-8)7-10;1-2-4-5-3-1;2-1(3,4)8(5,6)7;2*1-2;;/h1-15H;3-7H2,1-2H3;1-5H;(H,5,6,7);2*2H,1H3;1H;/q;;-1;;;;;+2/p-1. The van der Waals surface area contributed by atoms with Crippen LogP contribution in [0.25, 0.3) is 0 Å². The van der Waals surface area contributed by atoms with Crippen molar-refractivity contribution in [2.75, 3.05) is 60.5 Å². The van der Waals surface area contributed by atoms with Crippen molar-refractivity contribution in [3.05, 3.63) is 121 Å². The van der Waals surface area contributed by atoms with E-state index in [1.165, 1.54) is 48.1 Å². The SMILES string of the molecule is CN1CN2C[NH+](C)C[P@](C1)C2.CO.CO.O=S(=O)([O-])C(F)(F)F.[Cl-].[Ru+2].c1cc[cH-]c1.c1ccc(P(c2ccccc2)c2ccccc2)cc1. The van der Waals surface area contributed by atoms with Crippen LogP contribution in [0.3, 0.4) is 0 Å². The van der Waals surface area contributed by atoms with Gasteiger partial charge in [-0.05, 0) is 38.8 Å². The summed E-state index contributed by atoms with van der Waals surface area (Å²) in [6, 6.07) is 42.3. The summed E-state index contributed by atoms with van der Waals surface area (Å²) in [5.41, 5.74) is -5.65. The molecule has 16 heteroatoms. The average molecular weight is 851 g/mol. The van der Waals surface area contributed by atoms with Crippen LogP contribution in [-0.2, 0) is 29.6 Å². The smallest absolute Gasteiger partial charge is 1.00 e. The molecule has 0 spiro atoms. The van der Waals surface area contributed by atoms with Gasteiger partial charge in [0, 0.05) is 26.8 Å². The van der Waals surface area contributed by atoms with Crippen molar-refractivity contribution in [3.8, 4) is 0 Å². The Hall–Kier alpha value is -1.72. The zero-order chi connectivity index (χ0) is 35.3. The van der Waals surface area contributed by atoms with Gasteiger partial charge in [-0.3, -0.25) is 4.90 Å². The van der Waals surface area contributed by atoms with Crippen molar-refractivity contribution in [1.29, 1.82) is 0 Å². The van der Waals surface area contributed by atoms with E-state index in [0.29, 0.717) is 7.92 Å². The van der Waals surface area contributed by atoms with E-state index in [1.54, 1.807) is 4.90 Å². The molecule has 0 saturated carbocycles. The van der Waals surface area contributed by atoms with Gasteiger partial charge in [-0.1, -0.05) is 91.0 Å². The molecule has 2 heterocycles. The first-order valence-electron chi connectivity index (χ1n) is 14.4. The zero-order valence-electron chi connectivity index (χ0n) is 27.8. The summed E-state index contributed by atoms with van der Waals surface area (Å²) in [7, 11) is 0.328. The third kappa shape index (κ3) is 19.5. The molecule has 0 amide bonds. The Balaban J connectivity index is 0. The first kappa shape index (κ1) is 49.4. The normalized spacial score (nSPS) is 17.7. The van der Waals surface area contributed by atoms with Gasteiger partial charge < -0.3 is 32.1 Å². The largest absolute Gasteiger partial charge is 2.00 e. The fraction of sp³-hybridized carbons (Fsp3) is 0.303. The second-order valence-corrected chi connectivity index (χ2v) is 15.9. The first-order chi connectivity index (χ1) is 22.4. The predicted molar refractivity (Wildman–Crippen MR) is 187 cm³/mol. The van der Waals surface area contributed by atoms with Crippen molar-refractivity contribution in [1.82, 2.24) is 9.80 Å². The van der Waals surface area contributed by atoms with Crippen LogP contribution >= 0.6 is 15.8 Å². The molecular weight excluding hydrogens is 806 g/mol. The van der Waals surface area contributed by atoms with E-state index in [0.717, 1.165) is 14.2 Å². The molecule has 2 saturated heterocycles. The molecular formula is C33H45ClF3N3O5P2RuS. The number of hydrogen-bond donors (Lipinski definition) is 3. The van der Waals surface area contributed by atoms with Gasteiger partial charge in [0.25, 0.3) is 0 Å². The van der Waals surface area contributed by atoms with Crippen LogP contribution < -0.4 is 33.2 Å². The van der Waals surface area contributed by atoms with E-state index in [9.17, 15) is 13.2 Å². The Kier molecular flexibility index (Phi) is 27.2. The number of aliphatic hydroxyl groups is 2. The Morgan fingerprint density at radius 1 is 0.796 bits per heavy atom. The summed E-state index contributed by atoms with van der Waals surface area (Å²) < 4.78 is 58.9. The van der Waals surface area contributed by atoms with Crippen LogP contribution in [0.5, 0.6) is 0 Å². The van der Waals surface area contributed by atoms with Gasteiger partial charge >= 0.3 is 25.0 Å². The van der Waals surface area contributed by atoms with Gasteiger partial charge in [-0.2, -0.15) is 31.4 Å². The number of halogens is 4. The van der Waals surface area contributed by atoms with E-state index in [4.69, 9.17) is 23.2 Å². The van der Waals surface area contributed by atoms with Crippen LogP contribution in [-0.4, -0.2) is 99.0 Å². The van der Waals surface area contributed by atoms with E-state index in [1.807, 2.05) is 30.3 Å². The fourth-order valence-corrected chi connectivity index (χ4v) is 9.60. The first-order valence-corrected chi connectivity index (χ1v) is 19.1. The van der Waals surface area contributed by atoms with E-state index < -0.39 is 23.5 Å². The molecule has 2 aliphatic heterocycles. The van der Waals surface area contributed by atoms with Gasteiger partial charge in [0.15, 0.2) is 10.1 Å². The van der Waals surface area contributed by atoms with Gasteiger partial charge in [0.1, 0.15) is 6.67 Å². The molecule has 274 valence electrons. The van der Waals surface area contributed by atoms with Crippen molar-refractivity contribution in [2.24, 2.45) is 0 Å². The number of nitrogens with one attached hydrogen (secondary N) is 1. The summed E-state index contributed by atoms with van der Waals surface area (Å²) in [6.07, 6.45) is 4.19. The third-order valence-electron chi connectivity index (χ3n) is 6.15. The third-order valence-corrected chi connectivity index (χ3v) is 11.8. The summed E-state index contributed by atoms with van der Waals surface area (Å²) in [5.74, 6) is 0. The zero-order valence-corrected chi connectivity index (χ0v) is 32.9. The molecule has 49 heavy (non-hydrogen) atoms. The number of rotatable bonds is 3. The van der Waals surface area contributed by atoms with Crippen LogP contribution in [0.1, 0.15) is 0 Å².